The van der Waals surface area contributed by atoms with Crippen molar-refractivity contribution in [2.24, 2.45) is 17.6 Å². The molecule has 1 amide bonds. The number of phenolic OH excluding ortho intramolecular Hbond substituents is 1. The van der Waals surface area contributed by atoms with Crippen molar-refractivity contribution in [2.75, 3.05) is 51.1 Å². The van der Waals surface area contributed by atoms with Gasteiger partial charge in [0.25, 0.3) is 5.91 Å². The minimum atomic E-state index is -2.64. The summed E-state index contributed by atoms with van der Waals surface area (Å²) in [6.07, 6.45) is 3.33. The number of rotatable bonds is 4. The van der Waals surface area contributed by atoms with Gasteiger partial charge in [0.2, 0.25) is 5.78 Å². The van der Waals surface area contributed by atoms with Crippen LogP contribution in [0.15, 0.2) is 28.7 Å². The molecule has 0 saturated carbocycles. The van der Waals surface area contributed by atoms with E-state index in [1.165, 1.54) is 0 Å². The second-order valence-corrected chi connectivity index (χ2v) is 11.5. The maximum Gasteiger partial charge on any atom is 0.255 e. The Kier molecular flexibility index (Phi) is 6.42. The summed E-state index contributed by atoms with van der Waals surface area (Å²) in [5, 5.41) is 45.6. The first-order valence-electron chi connectivity index (χ1n) is 13.3. The molecule has 4 aliphatic rings. The molecule has 3 aliphatic carbocycles. The van der Waals surface area contributed by atoms with E-state index in [2.05, 4.69) is 0 Å². The van der Waals surface area contributed by atoms with Gasteiger partial charge >= 0.3 is 0 Å². The van der Waals surface area contributed by atoms with E-state index in [0.717, 1.165) is 38.0 Å². The number of amides is 1. The number of anilines is 2. The molecule has 6 N–H and O–H groups in total. The third-order valence-corrected chi connectivity index (χ3v) is 8.86. The molecular weight excluding hydrogens is 504 g/mol. The predicted molar refractivity (Wildman–Crippen MR) is 144 cm³/mol. The van der Waals surface area contributed by atoms with Crippen LogP contribution in [0.1, 0.15) is 41.6 Å². The Morgan fingerprint density at radius 2 is 1.72 bits per heavy atom. The van der Waals surface area contributed by atoms with Crippen molar-refractivity contribution in [2.45, 2.75) is 43.7 Å². The van der Waals surface area contributed by atoms with Crippen molar-refractivity contribution >= 4 is 28.8 Å². The third-order valence-electron chi connectivity index (χ3n) is 8.86. The number of phenols is 1. The Bertz CT molecular complexity index is 1340. The Balaban J connectivity index is 1.72. The minimum Gasteiger partial charge on any atom is -0.510 e. The normalized spacial score (nSPS) is 28.9. The number of nitrogens with zero attached hydrogens (tertiary/aromatic N) is 3. The molecule has 1 aliphatic heterocycles. The molecular formula is C28H36N4O7. The number of hydrogen-bond donors (Lipinski definition) is 5. The fourth-order valence-electron chi connectivity index (χ4n) is 7.06. The van der Waals surface area contributed by atoms with E-state index < -0.39 is 58.0 Å². The summed E-state index contributed by atoms with van der Waals surface area (Å²) < 4.78 is 0. The van der Waals surface area contributed by atoms with E-state index in [1.54, 1.807) is 19.0 Å². The zero-order chi connectivity index (χ0) is 28.5. The number of piperidine rings is 1. The summed E-state index contributed by atoms with van der Waals surface area (Å²) in [7, 11) is 6.93. The molecule has 1 fully saturated rings. The number of aliphatic hydroxyl groups is 3. The number of ketones is 2. The van der Waals surface area contributed by atoms with Crippen molar-refractivity contribution in [1.29, 1.82) is 0 Å². The summed E-state index contributed by atoms with van der Waals surface area (Å²) in [4.78, 5) is 45.2. The number of allylic oxidation sites excluding steroid dienone is 1. The van der Waals surface area contributed by atoms with Crippen LogP contribution in [-0.4, -0.2) is 95.7 Å². The summed E-state index contributed by atoms with van der Waals surface area (Å²) in [6, 6.07) is 0.875. The molecule has 0 bridgehead atoms. The van der Waals surface area contributed by atoms with Gasteiger partial charge in [0.05, 0.1) is 17.3 Å². The van der Waals surface area contributed by atoms with E-state index in [1.807, 2.05) is 30.0 Å². The molecule has 210 valence electrons. The number of primary amides is 1. The Hall–Kier alpha value is -3.57. The van der Waals surface area contributed by atoms with Crippen LogP contribution in [0, 0.1) is 11.8 Å². The smallest absolute Gasteiger partial charge is 0.255 e. The number of benzene rings is 1. The van der Waals surface area contributed by atoms with Gasteiger partial charge in [-0.1, -0.05) is 0 Å². The molecule has 1 aromatic rings. The molecule has 5 rings (SSSR count). The van der Waals surface area contributed by atoms with Crippen molar-refractivity contribution < 1.29 is 34.8 Å². The number of carbonyl (C=O) groups excluding carboxylic acids is 3. The topological polar surface area (TPSA) is 168 Å². The minimum absolute atomic E-state index is 0.0440. The van der Waals surface area contributed by atoms with Crippen molar-refractivity contribution in [3.8, 4) is 5.75 Å². The predicted octanol–water partition coefficient (Wildman–Crippen LogP) is 1.18. The molecule has 1 heterocycles. The first-order chi connectivity index (χ1) is 18.3. The highest BCUT2D eigenvalue weighted by Crippen LogP contribution is 2.54. The Labute approximate surface area is 226 Å². The van der Waals surface area contributed by atoms with Crippen molar-refractivity contribution in [3.05, 3.63) is 39.9 Å². The van der Waals surface area contributed by atoms with Crippen LogP contribution in [-0.2, 0) is 16.0 Å². The highest BCUT2D eigenvalue weighted by atomic mass is 16.3. The molecule has 11 nitrogen and oxygen atoms in total. The molecule has 0 spiro atoms. The molecule has 1 aromatic carbocycles. The second-order valence-electron chi connectivity index (χ2n) is 11.5. The summed E-state index contributed by atoms with van der Waals surface area (Å²) in [6.45, 7) is 1.47. The van der Waals surface area contributed by atoms with Crippen LogP contribution in [0.5, 0.6) is 5.75 Å². The Morgan fingerprint density at radius 1 is 1.08 bits per heavy atom. The van der Waals surface area contributed by atoms with Crippen molar-refractivity contribution in [1.82, 2.24) is 4.90 Å². The van der Waals surface area contributed by atoms with Gasteiger partial charge in [-0.2, -0.15) is 0 Å². The number of Topliss-reactive ketones (excluding diaryl/α,β-unsaturated/α-hetero) is 2. The zero-order valence-corrected chi connectivity index (χ0v) is 22.7. The van der Waals surface area contributed by atoms with Crippen LogP contribution in [0.3, 0.4) is 0 Å². The zero-order valence-electron chi connectivity index (χ0n) is 22.7. The van der Waals surface area contributed by atoms with E-state index in [0.29, 0.717) is 11.3 Å². The highest BCUT2D eigenvalue weighted by molar-refractivity contribution is 6.25. The van der Waals surface area contributed by atoms with Crippen LogP contribution >= 0.6 is 0 Å². The van der Waals surface area contributed by atoms with Crippen LogP contribution in [0.2, 0.25) is 0 Å². The molecule has 11 heteroatoms. The van der Waals surface area contributed by atoms with Crippen LogP contribution in [0.25, 0.3) is 0 Å². The fourth-order valence-corrected chi connectivity index (χ4v) is 7.06. The average Bonchev–Trinajstić information content (AvgIpc) is 2.86. The molecule has 0 unspecified atom stereocenters. The van der Waals surface area contributed by atoms with Gasteiger partial charge in [0.1, 0.15) is 22.8 Å². The monoisotopic (exact) mass is 540 g/mol. The first-order valence-corrected chi connectivity index (χ1v) is 13.3. The SMILES string of the molecule is CN(C)c1cc(N2CCCCC2)c(O)c2c1C[C@H]1C[C@H]3[C@H](N(C)C)C(O)=C(C(N)=O)C(=O)[C@@]3(O)C(O)=C1C2=O. The van der Waals surface area contributed by atoms with Crippen molar-refractivity contribution in [3.63, 3.8) is 0 Å². The summed E-state index contributed by atoms with van der Waals surface area (Å²) in [5.41, 5.74) is 3.75. The number of aromatic hydroxyl groups is 1. The quantitative estimate of drug-likeness (QED) is 0.350. The van der Waals surface area contributed by atoms with Gasteiger partial charge < -0.3 is 36.0 Å². The largest absolute Gasteiger partial charge is 0.510 e. The molecule has 1 saturated heterocycles. The highest BCUT2D eigenvalue weighted by Gasteiger charge is 2.63. The second kappa shape index (κ2) is 9.27. The third kappa shape index (κ3) is 3.74. The Morgan fingerprint density at radius 3 is 2.28 bits per heavy atom. The standard InChI is InChI=1S/C28H36N4O7/c1-30(2)16-12-17(32-8-6-5-7-9-32)22(33)19-14(16)10-13-11-15-21(31(3)4)24(35)20(27(29)38)26(37)28(15,39)25(36)18(13)23(19)34/h12-13,15,21,33,35-36,39H,5-11H2,1-4H3,(H2,29,38)/t13-,15-,21-,28-/m0/s1. The van der Waals surface area contributed by atoms with Gasteiger partial charge in [-0.3, -0.25) is 19.3 Å². The summed E-state index contributed by atoms with van der Waals surface area (Å²) >= 11 is 0. The van der Waals surface area contributed by atoms with Gasteiger partial charge in [0.15, 0.2) is 11.4 Å². The molecule has 0 aromatic heterocycles. The average molecular weight is 541 g/mol. The molecule has 0 radical (unpaired) electrons. The molecule has 4 atom stereocenters. The van der Waals surface area contributed by atoms with Crippen LogP contribution in [0.4, 0.5) is 11.4 Å². The van der Waals surface area contributed by atoms with Gasteiger partial charge in [-0.25, -0.2) is 0 Å². The number of hydrogen-bond acceptors (Lipinski definition) is 10. The van der Waals surface area contributed by atoms with E-state index >= 15 is 0 Å². The van der Waals surface area contributed by atoms with E-state index in [-0.39, 0.29) is 29.7 Å². The lowest BCUT2D eigenvalue weighted by atomic mass is 9.58. The number of carbonyl (C=O) groups is 3. The first kappa shape index (κ1) is 27.0. The lowest BCUT2D eigenvalue weighted by molar-refractivity contribution is -0.148. The lowest BCUT2D eigenvalue weighted by Gasteiger charge is -2.50. The van der Waals surface area contributed by atoms with Gasteiger partial charge in [-0.15, -0.1) is 0 Å². The number of fused-ring (bicyclic) bond motifs is 3. The van der Waals surface area contributed by atoms with Gasteiger partial charge in [0, 0.05) is 44.4 Å². The summed E-state index contributed by atoms with van der Waals surface area (Å²) in [5.74, 6) is -6.41. The number of likely N-dealkylation sites (N-methyl/N-ethyl adjacent to an activating group) is 1. The van der Waals surface area contributed by atoms with E-state index in [4.69, 9.17) is 5.73 Å². The fraction of sp³-hybridized carbons (Fsp3) is 0.536. The lowest BCUT2D eigenvalue weighted by Crippen LogP contribution is -2.63. The maximum absolute atomic E-state index is 14.1. The van der Waals surface area contributed by atoms with E-state index in [9.17, 15) is 34.8 Å². The maximum atomic E-state index is 14.1. The van der Waals surface area contributed by atoms with Crippen LogP contribution < -0.4 is 15.5 Å². The number of aliphatic hydroxyl groups excluding tert-OH is 2. The molecule has 39 heavy (non-hydrogen) atoms. The number of nitrogens with two attached hydrogens (primary N) is 1. The van der Waals surface area contributed by atoms with Gasteiger partial charge in [-0.05, 0) is 63.7 Å².